The molecule has 0 aromatic carbocycles. The molecule has 0 fully saturated rings. The molecule has 2 aromatic heterocycles. The highest BCUT2D eigenvalue weighted by Crippen LogP contribution is 2.27. The molecule has 0 amide bonds. The molecular formula is C13H20N4S. The van der Waals surface area contributed by atoms with E-state index in [0.717, 1.165) is 41.4 Å². The molecule has 0 radical (unpaired) electrons. The molecule has 2 N–H and O–H groups in total. The summed E-state index contributed by atoms with van der Waals surface area (Å²) in [4.78, 5) is 10.1. The van der Waals surface area contributed by atoms with Crippen molar-refractivity contribution in [1.82, 2.24) is 9.97 Å². The Morgan fingerprint density at radius 2 is 2.17 bits per heavy atom. The van der Waals surface area contributed by atoms with Gasteiger partial charge < -0.3 is 10.6 Å². The summed E-state index contributed by atoms with van der Waals surface area (Å²) in [6.45, 7) is 7.37. The normalized spacial score (nSPS) is 12.6. The third-order valence-electron chi connectivity index (χ3n) is 2.85. The maximum absolute atomic E-state index is 4.57. The van der Waals surface area contributed by atoms with Crippen LogP contribution >= 0.6 is 11.3 Å². The van der Waals surface area contributed by atoms with Crippen molar-refractivity contribution in [3.63, 3.8) is 0 Å². The number of hydrogen-bond donors (Lipinski definition) is 2. The van der Waals surface area contributed by atoms with Gasteiger partial charge in [-0.1, -0.05) is 13.8 Å². The molecule has 0 bridgehead atoms. The summed E-state index contributed by atoms with van der Waals surface area (Å²) < 4.78 is 0. The Balaban J connectivity index is 2.32. The number of nitrogens with one attached hydrogen (secondary N) is 2. The highest BCUT2D eigenvalue weighted by atomic mass is 32.1. The van der Waals surface area contributed by atoms with Crippen molar-refractivity contribution < 1.29 is 0 Å². The van der Waals surface area contributed by atoms with Gasteiger partial charge in [-0.3, -0.25) is 0 Å². The number of aromatic nitrogens is 2. The van der Waals surface area contributed by atoms with E-state index in [2.05, 4.69) is 52.8 Å². The molecule has 2 heterocycles. The maximum Gasteiger partial charge on any atom is 0.226 e. The van der Waals surface area contributed by atoms with Gasteiger partial charge in [-0.15, -0.1) is 11.3 Å². The molecule has 2 rings (SSSR count). The van der Waals surface area contributed by atoms with E-state index in [1.165, 1.54) is 0 Å². The van der Waals surface area contributed by atoms with Crippen molar-refractivity contribution in [3.05, 3.63) is 11.4 Å². The van der Waals surface area contributed by atoms with Crippen molar-refractivity contribution in [2.75, 3.05) is 17.2 Å². The molecule has 0 spiro atoms. The largest absolute Gasteiger partial charge is 0.367 e. The van der Waals surface area contributed by atoms with Crippen LogP contribution in [0.4, 0.5) is 11.8 Å². The van der Waals surface area contributed by atoms with E-state index in [-0.39, 0.29) is 0 Å². The van der Waals surface area contributed by atoms with Gasteiger partial charge in [-0.05, 0) is 31.2 Å². The Morgan fingerprint density at radius 3 is 2.89 bits per heavy atom. The van der Waals surface area contributed by atoms with Gasteiger partial charge >= 0.3 is 0 Å². The molecule has 1 atom stereocenters. The van der Waals surface area contributed by atoms with Crippen molar-refractivity contribution >= 4 is 33.3 Å². The first-order valence-corrected chi connectivity index (χ1v) is 7.38. The SMILES string of the molecule is CCCNc1nc(NC(C)CC)c2ccsc2n1. The Kier molecular flexibility index (Phi) is 4.36. The summed E-state index contributed by atoms with van der Waals surface area (Å²) in [5.41, 5.74) is 0. The predicted molar refractivity (Wildman–Crippen MR) is 79.6 cm³/mol. The zero-order valence-electron chi connectivity index (χ0n) is 11.2. The Bertz CT molecular complexity index is 509. The molecule has 5 heteroatoms. The maximum atomic E-state index is 4.57. The minimum atomic E-state index is 0.419. The van der Waals surface area contributed by atoms with Crippen molar-refractivity contribution in [3.8, 4) is 0 Å². The van der Waals surface area contributed by atoms with E-state index in [4.69, 9.17) is 0 Å². The predicted octanol–water partition coefficient (Wildman–Crippen LogP) is 3.72. The van der Waals surface area contributed by atoms with Crippen LogP contribution in [0.1, 0.15) is 33.6 Å². The monoisotopic (exact) mass is 264 g/mol. The lowest BCUT2D eigenvalue weighted by molar-refractivity contribution is 0.760. The van der Waals surface area contributed by atoms with Crippen LogP contribution in [0.15, 0.2) is 11.4 Å². The molecule has 0 aliphatic heterocycles. The van der Waals surface area contributed by atoms with Gasteiger partial charge in [0.1, 0.15) is 10.6 Å². The second-order valence-corrected chi connectivity index (χ2v) is 5.31. The summed E-state index contributed by atoms with van der Waals surface area (Å²) in [5.74, 6) is 1.66. The van der Waals surface area contributed by atoms with E-state index in [1.54, 1.807) is 11.3 Å². The lowest BCUT2D eigenvalue weighted by atomic mass is 10.2. The highest BCUT2D eigenvalue weighted by molar-refractivity contribution is 7.16. The third kappa shape index (κ3) is 2.90. The smallest absolute Gasteiger partial charge is 0.226 e. The summed E-state index contributed by atoms with van der Waals surface area (Å²) in [5, 5.41) is 9.88. The van der Waals surface area contributed by atoms with Gasteiger partial charge in [0, 0.05) is 12.6 Å². The van der Waals surface area contributed by atoms with Crippen LogP contribution in [-0.4, -0.2) is 22.6 Å². The standard InChI is InChI=1S/C13H20N4S/c1-4-7-14-13-16-11(15-9(3)5-2)10-6-8-18-12(10)17-13/h6,8-9H,4-5,7H2,1-3H3,(H2,14,15,16,17). The minimum absolute atomic E-state index is 0.419. The first-order chi connectivity index (χ1) is 8.74. The van der Waals surface area contributed by atoms with Crippen molar-refractivity contribution in [2.45, 2.75) is 39.7 Å². The summed E-state index contributed by atoms with van der Waals surface area (Å²) in [6, 6.07) is 2.50. The Hall–Kier alpha value is -1.36. The lowest BCUT2D eigenvalue weighted by Crippen LogP contribution is -2.15. The molecule has 4 nitrogen and oxygen atoms in total. The number of fused-ring (bicyclic) bond motifs is 1. The van der Waals surface area contributed by atoms with Crippen LogP contribution in [0.25, 0.3) is 10.2 Å². The van der Waals surface area contributed by atoms with Crippen molar-refractivity contribution in [1.29, 1.82) is 0 Å². The number of hydrogen-bond acceptors (Lipinski definition) is 5. The van der Waals surface area contributed by atoms with Gasteiger partial charge in [0.2, 0.25) is 5.95 Å². The number of thiophene rings is 1. The number of rotatable bonds is 6. The molecule has 0 saturated heterocycles. The van der Waals surface area contributed by atoms with Crippen LogP contribution in [0.3, 0.4) is 0 Å². The average molecular weight is 264 g/mol. The minimum Gasteiger partial charge on any atom is -0.367 e. The van der Waals surface area contributed by atoms with E-state index >= 15 is 0 Å². The van der Waals surface area contributed by atoms with Crippen LogP contribution in [0, 0.1) is 0 Å². The van der Waals surface area contributed by atoms with Gasteiger partial charge in [0.15, 0.2) is 0 Å². The first-order valence-electron chi connectivity index (χ1n) is 6.50. The molecule has 0 aliphatic rings. The van der Waals surface area contributed by atoms with E-state index in [0.29, 0.717) is 6.04 Å². The summed E-state index contributed by atoms with van der Waals surface area (Å²) in [7, 11) is 0. The fourth-order valence-corrected chi connectivity index (χ4v) is 2.38. The Morgan fingerprint density at radius 1 is 1.33 bits per heavy atom. The molecule has 18 heavy (non-hydrogen) atoms. The van der Waals surface area contributed by atoms with E-state index in [9.17, 15) is 0 Å². The first kappa shape index (κ1) is 13.1. The van der Waals surface area contributed by atoms with Crippen LogP contribution in [0.2, 0.25) is 0 Å². The van der Waals surface area contributed by atoms with Gasteiger partial charge in [-0.25, -0.2) is 4.98 Å². The van der Waals surface area contributed by atoms with Gasteiger partial charge in [0.05, 0.1) is 5.39 Å². The fourth-order valence-electron chi connectivity index (χ4n) is 1.62. The molecule has 98 valence electrons. The number of anilines is 2. The molecular weight excluding hydrogens is 244 g/mol. The van der Waals surface area contributed by atoms with E-state index < -0.39 is 0 Å². The molecule has 1 unspecified atom stereocenters. The van der Waals surface area contributed by atoms with Crippen LogP contribution < -0.4 is 10.6 Å². The summed E-state index contributed by atoms with van der Waals surface area (Å²) >= 11 is 1.65. The fraction of sp³-hybridized carbons (Fsp3) is 0.538. The summed E-state index contributed by atoms with van der Waals surface area (Å²) in [6.07, 6.45) is 2.15. The zero-order chi connectivity index (χ0) is 13.0. The van der Waals surface area contributed by atoms with Gasteiger partial charge in [0.25, 0.3) is 0 Å². The van der Waals surface area contributed by atoms with E-state index in [1.807, 2.05) is 0 Å². The highest BCUT2D eigenvalue weighted by Gasteiger charge is 2.10. The average Bonchev–Trinajstić information content (AvgIpc) is 2.84. The zero-order valence-corrected chi connectivity index (χ0v) is 12.0. The van der Waals surface area contributed by atoms with Crippen molar-refractivity contribution in [2.24, 2.45) is 0 Å². The second kappa shape index (κ2) is 6.00. The lowest BCUT2D eigenvalue weighted by Gasteiger charge is -2.14. The molecule has 0 aliphatic carbocycles. The van der Waals surface area contributed by atoms with Crippen LogP contribution in [0.5, 0.6) is 0 Å². The number of nitrogens with zero attached hydrogens (tertiary/aromatic N) is 2. The molecule has 2 aromatic rings. The Labute approximate surface area is 112 Å². The van der Waals surface area contributed by atoms with Crippen LogP contribution in [-0.2, 0) is 0 Å². The quantitative estimate of drug-likeness (QED) is 0.835. The third-order valence-corrected chi connectivity index (χ3v) is 3.66. The topological polar surface area (TPSA) is 49.8 Å². The molecule has 0 saturated carbocycles. The van der Waals surface area contributed by atoms with Gasteiger partial charge in [-0.2, -0.15) is 4.98 Å². The second-order valence-electron chi connectivity index (χ2n) is 4.42.